The Kier molecular flexibility index (Phi) is 8.05. The summed E-state index contributed by atoms with van der Waals surface area (Å²) in [6.07, 6.45) is 0. The fourth-order valence-corrected chi connectivity index (χ4v) is 4.45. The first-order valence-corrected chi connectivity index (χ1v) is 13.7. The van der Waals surface area contributed by atoms with Gasteiger partial charge in [0, 0.05) is 28.2 Å². The number of thiol groups is 1. The molecule has 6 rings (SSSR count). The third-order valence-corrected chi connectivity index (χ3v) is 6.48. The van der Waals surface area contributed by atoms with Crippen molar-refractivity contribution in [1.29, 1.82) is 0 Å². The van der Waals surface area contributed by atoms with Gasteiger partial charge in [-0.3, -0.25) is 0 Å². The van der Waals surface area contributed by atoms with Crippen molar-refractivity contribution in [2.45, 2.75) is 5.16 Å². The molecule has 0 atom stereocenters. The van der Waals surface area contributed by atoms with Crippen LogP contribution in [-0.2, 0) is 0 Å². The van der Waals surface area contributed by atoms with Crippen LogP contribution in [0.5, 0.6) is 5.75 Å². The zero-order valence-electron chi connectivity index (χ0n) is 22.9. The molecule has 0 saturated heterocycles. The summed E-state index contributed by atoms with van der Waals surface area (Å²) in [4.78, 5) is 22.5. The van der Waals surface area contributed by atoms with Crippen LogP contribution < -0.4 is 20.7 Å². The molecule has 0 amide bonds. The Morgan fingerprint density at radius 1 is 0.558 bits per heavy atom. The second-order valence-corrected chi connectivity index (χ2v) is 9.70. The highest BCUT2D eigenvalue weighted by Crippen LogP contribution is 2.28. The maximum absolute atomic E-state index is 13.8. The second kappa shape index (κ2) is 12.5. The molecule has 2 heterocycles. The Bertz CT molecular complexity index is 1860. The minimum Gasteiger partial charge on any atom is -0.497 e. The molecule has 212 valence electrons. The second-order valence-electron chi connectivity index (χ2n) is 9.30. The minimum atomic E-state index is -0.370. The molecule has 6 aromatic rings. The highest BCUT2D eigenvalue weighted by molar-refractivity contribution is 7.80. The summed E-state index contributed by atoms with van der Waals surface area (Å²) in [5.74, 6) is 1.25. The number of hydrogen-bond acceptors (Lipinski definition) is 10. The average Bonchev–Trinajstić information content (AvgIpc) is 3.01. The van der Waals surface area contributed by atoms with Gasteiger partial charge in [0.2, 0.25) is 17.8 Å². The summed E-state index contributed by atoms with van der Waals surface area (Å²) in [6, 6.07) is 32.9. The van der Waals surface area contributed by atoms with Crippen molar-refractivity contribution < 1.29 is 9.13 Å². The van der Waals surface area contributed by atoms with Crippen molar-refractivity contribution in [2.75, 3.05) is 23.1 Å². The third kappa shape index (κ3) is 7.03. The molecule has 0 aliphatic carbocycles. The van der Waals surface area contributed by atoms with E-state index in [-0.39, 0.29) is 11.8 Å². The van der Waals surface area contributed by atoms with E-state index in [2.05, 4.69) is 53.5 Å². The van der Waals surface area contributed by atoms with Crippen molar-refractivity contribution in [3.05, 3.63) is 115 Å². The molecule has 11 heteroatoms. The van der Waals surface area contributed by atoms with Crippen molar-refractivity contribution >= 4 is 47.5 Å². The van der Waals surface area contributed by atoms with Gasteiger partial charge >= 0.3 is 0 Å². The lowest BCUT2D eigenvalue weighted by Crippen LogP contribution is -2.07. The molecule has 0 aliphatic heterocycles. The zero-order valence-corrected chi connectivity index (χ0v) is 23.8. The van der Waals surface area contributed by atoms with Gasteiger partial charge < -0.3 is 20.7 Å². The first kappa shape index (κ1) is 27.6. The molecule has 0 saturated carbocycles. The molecule has 0 aliphatic rings. The summed E-state index contributed by atoms with van der Waals surface area (Å²) in [7, 11) is 1.63. The van der Waals surface area contributed by atoms with E-state index in [0.29, 0.717) is 22.7 Å². The summed E-state index contributed by atoms with van der Waals surface area (Å²) in [5.41, 5.74) is 5.35. The number of rotatable bonds is 9. The van der Waals surface area contributed by atoms with Gasteiger partial charge in [-0.15, -0.1) is 12.6 Å². The van der Waals surface area contributed by atoms with E-state index in [0.717, 1.165) is 39.6 Å². The van der Waals surface area contributed by atoms with E-state index in [1.165, 1.54) is 12.1 Å². The molecule has 3 N–H and O–H groups in total. The third-order valence-electron chi connectivity index (χ3n) is 6.28. The topological polar surface area (TPSA) is 110 Å². The standard InChI is InChI=1S/C32H25FN8OS/c1-42-26-16-12-21(13-17-26)28-19-27(37-32(43)38-28)20-10-14-24(15-11-20)35-30-39-29(34-23-7-3-2-4-8-23)40-31(41-30)36-25-9-5-6-22(33)18-25/h2-19H,1H3,(H,37,38,43)(H3,34,35,36,39,40,41). The van der Waals surface area contributed by atoms with Crippen LogP contribution in [0.25, 0.3) is 22.5 Å². The Morgan fingerprint density at radius 2 is 1.07 bits per heavy atom. The molecule has 0 radical (unpaired) electrons. The number of ether oxygens (including phenoxy) is 1. The normalized spacial score (nSPS) is 10.7. The number of anilines is 6. The van der Waals surface area contributed by atoms with Gasteiger partial charge in [0.15, 0.2) is 5.16 Å². The van der Waals surface area contributed by atoms with Crippen molar-refractivity contribution in [3.8, 4) is 28.3 Å². The Labute approximate surface area is 252 Å². The monoisotopic (exact) mass is 588 g/mol. The highest BCUT2D eigenvalue weighted by Gasteiger charge is 2.11. The summed E-state index contributed by atoms with van der Waals surface area (Å²) < 4.78 is 19.0. The van der Waals surface area contributed by atoms with E-state index in [1.807, 2.05) is 84.9 Å². The van der Waals surface area contributed by atoms with Crippen LogP contribution in [0, 0.1) is 5.82 Å². The average molecular weight is 589 g/mol. The number of benzene rings is 4. The number of methoxy groups -OCH3 is 1. The zero-order chi connectivity index (χ0) is 29.6. The van der Waals surface area contributed by atoms with Crippen LogP contribution in [0.2, 0.25) is 0 Å². The van der Waals surface area contributed by atoms with E-state index in [4.69, 9.17) is 4.74 Å². The lowest BCUT2D eigenvalue weighted by Gasteiger charge is -2.12. The maximum Gasteiger partial charge on any atom is 0.233 e. The van der Waals surface area contributed by atoms with Gasteiger partial charge in [-0.2, -0.15) is 15.0 Å². The number of aromatic nitrogens is 5. The van der Waals surface area contributed by atoms with Crippen LogP contribution in [0.15, 0.2) is 114 Å². The number of para-hydroxylation sites is 1. The first-order valence-electron chi connectivity index (χ1n) is 13.2. The largest absolute Gasteiger partial charge is 0.497 e. The highest BCUT2D eigenvalue weighted by atomic mass is 32.1. The van der Waals surface area contributed by atoms with Gasteiger partial charge in [0.1, 0.15) is 11.6 Å². The van der Waals surface area contributed by atoms with Gasteiger partial charge in [-0.1, -0.05) is 36.4 Å². The Morgan fingerprint density at radius 3 is 1.63 bits per heavy atom. The molecular weight excluding hydrogens is 563 g/mol. The lowest BCUT2D eigenvalue weighted by atomic mass is 10.1. The minimum absolute atomic E-state index is 0.242. The molecule has 0 bridgehead atoms. The van der Waals surface area contributed by atoms with Crippen LogP contribution in [0.1, 0.15) is 0 Å². The molecule has 2 aromatic heterocycles. The molecule has 0 fully saturated rings. The van der Waals surface area contributed by atoms with Crippen LogP contribution in [0.4, 0.5) is 39.3 Å². The summed E-state index contributed by atoms with van der Waals surface area (Å²) >= 11 is 4.43. The number of hydrogen-bond donors (Lipinski definition) is 4. The fraction of sp³-hybridized carbons (Fsp3) is 0.0312. The Balaban J connectivity index is 1.25. The molecular formula is C32H25FN8OS. The van der Waals surface area contributed by atoms with Gasteiger partial charge in [-0.05, 0) is 72.8 Å². The predicted octanol–water partition coefficient (Wildman–Crippen LogP) is 7.66. The van der Waals surface area contributed by atoms with Crippen LogP contribution in [0.3, 0.4) is 0 Å². The Hall–Kier alpha value is -5.55. The van der Waals surface area contributed by atoms with E-state index in [9.17, 15) is 4.39 Å². The van der Waals surface area contributed by atoms with E-state index >= 15 is 0 Å². The van der Waals surface area contributed by atoms with Crippen molar-refractivity contribution in [3.63, 3.8) is 0 Å². The number of nitrogens with zero attached hydrogens (tertiary/aromatic N) is 5. The van der Waals surface area contributed by atoms with Gasteiger partial charge in [-0.25, -0.2) is 14.4 Å². The quantitative estimate of drug-likeness (QED) is 0.0999. The van der Waals surface area contributed by atoms with Crippen molar-refractivity contribution in [1.82, 2.24) is 24.9 Å². The fourth-order valence-electron chi connectivity index (χ4n) is 4.24. The summed E-state index contributed by atoms with van der Waals surface area (Å²) in [6.45, 7) is 0. The van der Waals surface area contributed by atoms with Gasteiger partial charge in [0.05, 0.1) is 18.5 Å². The molecule has 43 heavy (non-hydrogen) atoms. The number of halogens is 1. The molecule has 0 unspecified atom stereocenters. The molecule has 4 aromatic carbocycles. The number of nitrogens with one attached hydrogen (secondary N) is 3. The van der Waals surface area contributed by atoms with E-state index in [1.54, 1.807) is 19.2 Å². The van der Waals surface area contributed by atoms with Crippen molar-refractivity contribution in [2.24, 2.45) is 0 Å². The first-order chi connectivity index (χ1) is 21.0. The van der Waals surface area contributed by atoms with Crippen LogP contribution >= 0.6 is 12.6 Å². The lowest BCUT2D eigenvalue weighted by molar-refractivity contribution is 0.415. The molecule has 9 nitrogen and oxygen atoms in total. The van der Waals surface area contributed by atoms with Crippen LogP contribution in [-0.4, -0.2) is 32.0 Å². The SMILES string of the molecule is COc1ccc(-c2cc(-c3ccc(Nc4nc(Nc5ccccc5)nc(Nc5cccc(F)c5)n4)cc3)nc(S)n2)cc1. The smallest absolute Gasteiger partial charge is 0.233 e. The maximum atomic E-state index is 13.8. The summed E-state index contributed by atoms with van der Waals surface area (Å²) in [5, 5.41) is 9.83. The predicted molar refractivity (Wildman–Crippen MR) is 169 cm³/mol. The van der Waals surface area contributed by atoms with Gasteiger partial charge in [0.25, 0.3) is 0 Å². The van der Waals surface area contributed by atoms with E-state index < -0.39 is 0 Å². The molecule has 0 spiro atoms.